The predicted molar refractivity (Wildman–Crippen MR) is 91.4 cm³/mol. The van der Waals surface area contributed by atoms with Gasteiger partial charge < -0.3 is 10.2 Å². The number of aromatic nitrogens is 2. The zero-order chi connectivity index (χ0) is 17.7. The van der Waals surface area contributed by atoms with Crippen LogP contribution in [0, 0.1) is 17.0 Å². The van der Waals surface area contributed by atoms with Gasteiger partial charge in [0.1, 0.15) is 12.0 Å². The van der Waals surface area contributed by atoms with Crippen LogP contribution >= 0.6 is 0 Å². The van der Waals surface area contributed by atoms with E-state index in [4.69, 9.17) is 0 Å². The Kier molecular flexibility index (Phi) is 5.41. The number of aryl methyl sites for hydroxylation is 1. The molecule has 2 aromatic rings. The maximum Gasteiger partial charge on any atom is 0.288 e. The summed E-state index contributed by atoms with van der Waals surface area (Å²) in [6, 6.07) is 4.79. The standard InChI is InChI=1S/C16H19N5O3/c1-4-20(5-2)15-7-6-12(9-18-15)19-16(22)14-8-13(21(23)24)10-17-11(14)3/h6-10H,4-5H2,1-3H3,(H,19,22). The van der Waals surface area contributed by atoms with Crippen molar-refractivity contribution in [3.05, 3.63) is 52.0 Å². The molecule has 0 aliphatic carbocycles. The van der Waals surface area contributed by atoms with E-state index in [-0.39, 0.29) is 11.3 Å². The van der Waals surface area contributed by atoms with Crippen LogP contribution in [-0.2, 0) is 0 Å². The van der Waals surface area contributed by atoms with Crippen molar-refractivity contribution in [1.82, 2.24) is 9.97 Å². The highest BCUT2D eigenvalue weighted by Gasteiger charge is 2.16. The van der Waals surface area contributed by atoms with Crippen LogP contribution in [0.15, 0.2) is 30.6 Å². The van der Waals surface area contributed by atoms with Crippen molar-refractivity contribution in [2.75, 3.05) is 23.3 Å². The molecule has 0 spiro atoms. The van der Waals surface area contributed by atoms with Crippen LogP contribution in [0.25, 0.3) is 0 Å². The van der Waals surface area contributed by atoms with Gasteiger partial charge in [0.15, 0.2) is 0 Å². The average molecular weight is 329 g/mol. The summed E-state index contributed by atoms with van der Waals surface area (Å²) in [5.74, 6) is 0.368. The number of carbonyl (C=O) groups is 1. The maximum atomic E-state index is 12.3. The first-order valence-electron chi connectivity index (χ1n) is 7.59. The number of hydrogen-bond donors (Lipinski definition) is 1. The molecule has 8 nitrogen and oxygen atoms in total. The van der Waals surface area contributed by atoms with Crippen molar-refractivity contribution in [1.29, 1.82) is 0 Å². The molecule has 0 saturated heterocycles. The summed E-state index contributed by atoms with van der Waals surface area (Å²) in [4.78, 5) is 32.9. The topological polar surface area (TPSA) is 101 Å². The van der Waals surface area contributed by atoms with Gasteiger partial charge in [-0.1, -0.05) is 0 Å². The molecule has 2 aromatic heterocycles. The smallest absolute Gasteiger partial charge is 0.288 e. The van der Waals surface area contributed by atoms with Gasteiger partial charge in [-0.25, -0.2) is 4.98 Å². The summed E-state index contributed by atoms with van der Waals surface area (Å²) in [5.41, 5.74) is 0.880. The Labute approximate surface area is 139 Å². The third-order valence-corrected chi connectivity index (χ3v) is 3.62. The number of amides is 1. The highest BCUT2D eigenvalue weighted by atomic mass is 16.6. The molecule has 0 radical (unpaired) electrons. The van der Waals surface area contributed by atoms with Crippen molar-refractivity contribution in [2.45, 2.75) is 20.8 Å². The summed E-state index contributed by atoms with van der Waals surface area (Å²) in [5, 5.41) is 13.5. The number of nitrogens with one attached hydrogen (secondary N) is 1. The highest BCUT2D eigenvalue weighted by molar-refractivity contribution is 6.05. The lowest BCUT2D eigenvalue weighted by Crippen LogP contribution is -2.23. The van der Waals surface area contributed by atoms with Gasteiger partial charge in [-0.2, -0.15) is 0 Å². The van der Waals surface area contributed by atoms with Gasteiger partial charge >= 0.3 is 0 Å². The second-order valence-corrected chi connectivity index (χ2v) is 5.12. The molecule has 1 amide bonds. The molecule has 0 aliphatic rings. The summed E-state index contributed by atoms with van der Waals surface area (Å²) >= 11 is 0. The van der Waals surface area contributed by atoms with Crippen molar-refractivity contribution in [3.8, 4) is 0 Å². The second kappa shape index (κ2) is 7.49. The zero-order valence-electron chi connectivity index (χ0n) is 13.8. The van der Waals surface area contributed by atoms with E-state index in [1.807, 2.05) is 19.9 Å². The van der Waals surface area contributed by atoms with E-state index in [1.165, 1.54) is 6.07 Å². The number of nitrogens with zero attached hydrogens (tertiary/aromatic N) is 4. The third-order valence-electron chi connectivity index (χ3n) is 3.62. The highest BCUT2D eigenvalue weighted by Crippen LogP contribution is 2.18. The molecule has 0 fully saturated rings. The van der Waals surface area contributed by atoms with E-state index < -0.39 is 10.8 Å². The number of carbonyl (C=O) groups excluding carboxylic acids is 1. The zero-order valence-corrected chi connectivity index (χ0v) is 13.8. The van der Waals surface area contributed by atoms with Gasteiger partial charge in [0.2, 0.25) is 0 Å². The van der Waals surface area contributed by atoms with E-state index in [9.17, 15) is 14.9 Å². The largest absolute Gasteiger partial charge is 0.357 e. The van der Waals surface area contributed by atoms with E-state index >= 15 is 0 Å². The fourth-order valence-electron chi connectivity index (χ4n) is 2.24. The van der Waals surface area contributed by atoms with E-state index in [1.54, 1.807) is 19.2 Å². The second-order valence-electron chi connectivity index (χ2n) is 5.12. The number of anilines is 2. The minimum Gasteiger partial charge on any atom is -0.357 e. The van der Waals surface area contributed by atoms with Crippen molar-refractivity contribution in [2.24, 2.45) is 0 Å². The molecule has 2 heterocycles. The fraction of sp³-hybridized carbons (Fsp3) is 0.312. The van der Waals surface area contributed by atoms with Crippen LogP contribution in [-0.4, -0.2) is 33.9 Å². The molecule has 8 heteroatoms. The summed E-state index contributed by atoms with van der Waals surface area (Å²) in [7, 11) is 0. The summed E-state index contributed by atoms with van der Waals surface area (Å²) < 4.78 is 0. The van der Waals surface area contributed by atoms with Crippen molar-refractivity contribution >= 4 is 23.1 Å². The molecule has 0 unspecified atom stereocenters. The Morgan fingerprint density at radius 3 is 2.50 bits per heavy atom. The first-order valence-corrected chi connectivity index (χ1v) is 7.59. The van der Waals surface area contributed by atoms with Gasteiger partial charge in [0, 0.05) is 19.2 Å². The Balaban J connectivity index is 2.18. The molecular formula is C16H19N5O3. The molecule has 126 valence electrons. The molecule has 0 aliphatic heterocycles. The quantitative estimate of drug-likeness (QED) is 0.646. The van der Waals surface area contributed by atoms with Crippen LogP contribution in [0.4, 0.5) is 17.2 Å². The normalized spacial score (nSPS) is 10.3. The van der Waals surface area contributed by atoms with E-state index in [0.29, 0.717) is 11.4 Å². The Bertz CT molecular complexity index is 742. The molecular weight excluding hydrogens is 310 g/mol. The van der Waals surface area contributed by atoms with Crippen LogP contribution in [0.1, 0.15) is 29.9 Å². The molecule has 0 saturated carbocycles. The van der Waals surface area contributed by atoms with E-state index in [2.05, 4.69) is 20.2 Å². The SMILES string of the molecule is CCN(CC)c1ccc(NC(=O)c2cc([N+](=O)[O-])cnc2C)cn1. The minimum absolute atomic E-state index is 0.164. The molecule has 0 aromatic carbocycles. The van der Waals surface area contributed by atoms with Crippen LogP contribution in [0.2, 0.25) is 0 Å². The monoisotopic (exact) mass is 329 g/mol. The number of hydrogen-bond acceptors (Lipinski definition) is 6. The van der Waals surface area contributed by atoms with E-state index in [0.717, 1.165) is 25.1 Å². The van der Waals surface area contributed by atoms with Gasteiger partial charge in [-0.3, -0.25) is 19.9 Å². The fourth-order valence-corrected chi connectivity index (χ4v) is 2.24. The van der Waals surface area contributed by atoms with Crippen molar-refractivity contribution in [3.63, 3.8) is 0 Å². The van der Waals surface area contributed by atoms with Gasteiger partial charge in [0.25, 0.3) is 11.6 Å². The number of nitro groups is 1. The van der Waals surface area contributed by atoms with Gasteiger partial charge in [-0.15, -0.1) is 0 Å². The van der Waals surface area contributed by atoms with Gasteiger partial charge in [-0.05, 0) is 32.9 Å². The lowest BCUT2D eigenvalue weighted by Gasteiger charge is -2.19. The maximum absolute atomic E-state index is 12.3. The first kappa shape index (κ1) is 17.3. The Hall–Kier alpha value is -3.03. The average Bonchev–Trinajstić information content (AvgIpc) is 2.57. The minimum atomic E-state index is -0.580. The van der Waals surface area contributed by atoms with Crippen molar-refractivity contribution < 1.29 is 9.72 Å². The first-order chi connectivity index (χ1) is 11.5. The Morgan fingerprint density at radius 2 is 1.96 bits per heavy atom. The van der Waals surface area contributed by atoms with Gasteiger partial charge in [0.05, 0.1) is 28.1 Å². The lowest BCUT2D eigenvalue weighted by atomic mass is 10.1. The van der Waals surface area contributed by atoms with Crippen LogP contribution in [0.3, 0.4) is 0 Å². The summed E-state index contributed by atoms with van der Waals surface area (Å²) in [6.45, 7) is 7.39. The van der Waals surface area contributed by atoms with Crippen LogP contribution < -0.4 is 10.2 Å². The third kappa shape index (κ3) is 3.83. The molecule has 2 rings (SSSR count). The Morgan fingerprint density at radius 1 is 1.25 bits per heavy atom. The predicted octanol–water partition coefficient (Wildman–Crippen LogP) is 2.79. The number of pyridine rings is 2. The number of rotatable bonds is 6. The summed E-state index contributed by atoms with van der Waals surface area (Å²) in [6.07, 6.45) is 2.69. The molecule has 24 heavy (non-hydrogen) atoms. The molecule has 0 atom stereocenters. The molecule has 1 N–H and O–H groups in total. The molecule has 0 bridgehead atoms. The van der Waals surface area contributed by atoms with Crippen LogP contribution in [0.5, 0.6) is 0 Å². The lowest BCUT2D eigenvalue weighted by molar-refractivity contribution is -0.385.